The number of rotatable bonds is 6. The molecule has 0 atom stereocenters. The molecule has 1 aromatic carbocycles. The van der Waals surface area contributed by atoms with Crippen LogP contribution in [0.5, 0.6) is 0 Å². The molecule has 0 saturated carbocycles. The van der Waals surface area contributed by atoms with Crippen molar-refractivity contribution in [2.75, 3.05) is 33.4 Å². The van der Waals surface area contributed by atoms with Crippen LogP contribution < -0.4 is 10.6 Å². The second kappa shape index (κ2) is 9.72. The third-order valence-corrected chi connectivity index (χ3v) is 6.88. The first-order valence-corrected chi connectivity index (χ1v) is 10.9. The molecule has 152 valence electrons. The van der Waals surface area contributed by atoms with Gasteiger partial charge in [0.25, 0.3) is 0 Å². The van der Waals surface area contributed by atoms with Gasteiger partial charge in [0.1, 0.15) is 0 Å². The highest BCUT2D eigenvalue weighted by Gasteiger charge is 2.36. The summed E-state index contributed by atoms with van der Waals surface area (Å²) < 4.78 is 5.62. The Bertz CT molecular complexity index is 795. The quantitative estimate of drug-likeness (QED) is 0.550. The molecule has 1 saturated heterocycles. The number of hydrogen-bond donors (Lipinski definition) is 2. The molecule has 0 radical (unpaired) electrons. The summed E-state index contributed by atoms with van der Waals surface area (Å²) in [5, 5.41) is 8.91. The van der Waals surface area contributed by atoms with Gasteiger partial charge in [0, 0.05) is 55.1 Å². The molecule has 2 heterocycles. The zero-order valence-electron chi connectivity index (χ0n) is 16.8. The van der Waals surface area contributed by atoms with Crippen LogP contribution in [0, 0.1) is 13.8 Å². The normalized spacial score (nSPS) is 16.8. The fourth-order valence-corrected chi connectivity index (χ4v) is 4.87. The Labute approximate surface area is 176 Å². The summed E-state index contributed by atoms with van der Waals surface area (Å²) in [4.78, 5) is 10.3. The lowest BCUT2D eigenvalue weighted by Gasteiger charge is -2.38. The van der Waals surface area contributed by atoms with Crippen LogP contribution in [0.15, 0.2) is 29.3 Å². The van der Waals surface area contributed by atoms with Gasteiger partial charge in [-0.1, -0.05) is 29.8 Å². The van der Waals surface area contributed by atoms with Gasteiger partial charge in [-0.05, 0) is 38.3 Å². The predicted octanol–water partition coefficient (Wildman–Crippen LogP) is 3.87. The van der Waals surface area contributed by atoms with Crippen molar-refractivity contribution in [2.24, 2.45) is 4.99 Å². The predicted molar refractivity (Wildman–Crippen MR) is 118 cm³/mol. The van der Waals surface area contributed by atoms with Crippen molar-refractivity contribution in [2.45, 2.75) is 38.5 Å². The van der Waals surface area contributed by atoms with Crippen LogP contribution in [-0.2, 0) is 16.6 Å². The van der Waals surface area contributed by atoms with Crippen molar-refractivity contribution in [1.29, 1.82) is 0 Å². The zero-order valence-corrected chi connectivity index (χ0v) is 18.4. The van der Waals surface area contributed by atoms with Crippen molar-refractivity contribution in [1.82, 2.24) is 15.6 Å². The Morgan fingerprint density at radius 1 is 1.25 bits per heavy atom. The number of thiazole rings is 1. The fourth-order valence-electron chi connectivity index (χ4n) is 3.60. The number of aryl methyl sites for hydroxylation is 2. The molecule has 1 fully saturated rings. The summed E-state index contributed by atoms with van der Waals surface area (Å²) >= 11 is 8.31. The van der Waals surface area contributed by atoms with Crippen molar-refractivity contribution in [3.63, 3.8) is 0 Å². The minimum Gasteiger partial charge on any atom is -0.381 e. The number of halogens is 1. The third-order valence-electron chi connectivity index (χ3n) is 5.42. The van der Waals surface area contributed by atoms with Crippen LogP contribution in [0.1, 0.15) is 34.0 Å². The Morgan fingerprint density at radius 2 is 2.00 bits per heavy atom. The highest BCUT2D eigenvalue weighted by Crippen LogP contribution is 2.38. The molecule has 2 N–H and O–H groups in total. The lowest BCUT2D eigenvalue weighted by atomic mass is 9.74. The highest BCUT2D eigenvalue weighted by atomic mass is 35.5. The SMILES string of the molecule is CN=C(NCCc1nc(C)c(C)s1)NCC1(c2ccccc2Cl)CCOCC1. The summed E-state index contributed by atoms with van der Waals surface area (Å²) in [5.41, 5.74) is 2.28. The van der Waals surface area contributed by atoms with E-state index < -0.39 is 0 Å². The van der Waals surface area contributed by atoms with Gasteiger partial charge in [-0.2, -0.15) is 0 Å². The van der Waals surface area contributed by atoms with Gasteiger partial charge >= 0.3 is 0 Å². The molecular formula is C21H29ClN4OS. The van der Waals surface area contributed by atoms with Crippen LogP contribution in [0.25, 0.3) is 0 Å². The van der Waals surface area contributed by atoms with Crippen molar-refractivity contribution < 1.29 is 4.74 Å². The van der Waals surface area contributed by atoms with Gasteiger partial charge < -0.3 is 15.4 Å². The van der Waals surface area contributed by atoms with Crippen LogP contribution in [0.3, 0.4) is 0 Å². The number of aromatic nitrogens is 1. The minimum atomic E-state index is -0.0439. The molecule has 0 spiro atoms. The van der Waals surface area contributed by atoms with E-state index in [1.807, 2.05) is 12.1 Å². The molecule has 1 aliphatic heterocycles. The fraction of sp³-hybridized carbons (Fsp3) is 0.524. The van der Waals surface area contributed by atoms with Gasteiger partial charge in [-0.15, -0.1) is 11.3 Å². The smallest absolute Gasteiger partial charge is 0.191 e. The molecule has 28 heavy (non-hydrogen) atoms. The molecule has 0 aliphatic carbocycles. The Hall–Kier alpha value is -1.63. The van der Waals surface area contributed by atoms with Gasteiger partial charge in [0.15, 0.2) is 5.96 Å². The van der Waals surface area contributed by atoms with Gasteiger partial charge in [0.05, 0.1) is 10.7 Å². The summed E-state index contributed by atoms with van der Waals surface area (Å²) in [7, 11) is 1.80. The molecule has 0 amide bonds. The average Bonchev–Trinajstić information content (AvgIpc) is 3.03. The third kappa shape index (κ3) is 5.04. The number of nitrogens with zero attached hydrogens (tertiary/aromatic N) is 2. The highest BCUT2D eigenvalue weighted by molar-refractivity contribution is 7.11. The molecule has 1 aliphatic rings. The Balaban J connectivity index is 1.60. The number of aliphatic imine (C=N–C) groups is 1. The lowest BCUT2D eigenvalue weighted by molar-refractivity contribution is 0.0514. The van der Waals surface area contributed by atoms with E-state index in [1.54, 1.807) is 18.4 Å². The molecule has 5 nitrogen and oxygen atoms in total. The first kappa shape index (κ1) is 21.1. The molecule has 0 bridgehead atoms. The van der Waals surface area contributed by atoms with Gasteiger partial charge in [0.2, 0.25) is 0 Å². The first-order valence-electron chi connectivity index (χ1n) is 9.74. The number of guanidine groups is 1. The molecule has 7 heteroatoms. The topological polar surface area (TPSA) is 58.5 Å². The second-order valence-electron chi connectivity index (χ2n) is 7.22. The minimum absolute atomic E-state index is 0.0439. The van der Waals surface area contributed by atoms with Gasteiger partial charge in [-0.3, -0.25) is 4.99 Å². The number of benzene rings is 1. The van der Waals surface area contributed by atoms with Crippen LogP contribution in [0.4, 0.5) is 0 Å². The first-order chi connectivity index (χ1) is 13.5. The molecular weight excluding hydrogens is 392 g/mol. The summed E-state index contributed by atoms with van der Waals surface area (Å²) in [5.74, 6) is 0.808. The van der Waals surface area contributed by atoms with E-state index in [-0.39, 0.29) is 5.41 Å². The van der Waals surface area contributed by atoms with Crippen LogP contribution >= 0.6 is 22.9 Å². The number of ether oxygens (including phenoxy) is 1. The van der Waals surface area contributed by atoms with E-state index in [4.69, 9.17) is 16.3 Å². The van der Waals surface area contributed by atoms with Crippen LogP contribution in [-0.4, -0.2) is 44.3 Å². The average molecular weight is 421 g/mol. The Kier molecular flexibility index (Phi) is 7.32. The van der Waals surface area contributed by atoms with Crippen molar-refractivity contribution >= 4 is 28.9 Å². The van der Waals surface area contributed by atoms with Crippen molar-refractivity contribution in [3.8, 4) is 0 Å². The molecule has 2 aromatic rings. The molecule has 3 rings (SSSR count). The summed E-state index contributed by atoms with van der Waals surface area (Å²) in [6.45, 7) is 7.25. The van der Waals surface area contributed by atoms with E-state index in [1.165, 1.54) is 10.4 Å². The second-order valence-corrected chi connectivity index (χ2v) is 8.92. The largest absolute Gasteiger partial charge is 0.381 e. The number of nitrogens with one attached hydrogen (secondary N) is 2. The van der Waals surface area contributed by atoms with Gasteiger partial charge in [-0.25, -0.2) is 4.98 Å². The van der Waals surface area contributed by atoms with E-state index >= 15 is 0 Å². The summed E-state index contributed by atoms with van der Waals surface area (Å²) in [6.07, 6.45) is 2.78. The maximum absolute atomic E-state index is 6.54. The summed E-state index contributed by atoms with van der Waals surface area (Å²) in [6, 6.07) is 8.15. The lowest BCUT2D eigenvalue weighted by Crippen LogP contribution is -2.48. The van der Waals surface area contributed by atoms with E-state index in [0.717, 1.165) is 67.2 Å². The maximum Gasteiger partial charge on any atom is 0.191 e. The monoisotopic (exact) mass is 420 g/mol. The Morgan fingerprint density at radius 3 is 2.64 bits per heavy atom. The maximum atomic E-state index is 6.54. The van der Waals surface area contributed by atoms with E-state index in [2.05, 4.69) is 46.6 Å². The van der Waals surface area contributed by atoms with E-state index in [0.29, 0.717) is 0 Å². The molecule has 1 aromatic heterocycles. The number of hydrogen-bond acceptors (Lipinski definition) is 4. The molecule has 0 unspecified atom stereocenters. The van der Waals surface area contributed by atoms with E-state index in [9.17, 15) is 0 Å². The van der Waals surface area contributed by atoms with Crippen LogP contribution in [0.2, 0.25) is 5.02 Å². The standard InChI is InChI=1S/C21H29ClN4OS/c1-15-16(2)28-19(26-15)8-11-24-20(23-3)25-14-21(9-12-27-13-10-21)17-6-4-5-7-18(17)22/h4-7H,8-14H2,1-3H3,(H2,23,24,25). The zero-order chi connectivity index (χ0) is 20.0. The van der Waals surface area contributed by atoms with Crippen molar-refractivity contribution in [3.05, 3.63) is 50.4 Å².